The summed E-state index contributed by atoms with van der Waals surface area (Å²) in [7, 11) is 1.81. The Morgan fingerprint density at radius 2 is 1.81 bits per heavy atom. The number of rotatable bonds is 4. The van der Waals surface area contributed by atoms with Crippen molar-refractivity contribution in [1.82, 2.24) is 15.1 Å². The molecule has 7 heteroatoms. The second kappa shape index (κ2) is 6.44. The van der Waals surface area contributed by atoms with Crippen molar-refractivity contribution in [3.05, 3.63) is 66.4 Å². The van der Waals surface area contributed by atoms with Gasteiger partial charge in [-0.15, -0.1) is 0 Å². The third-order valence-electron chi connectivity index (χ3n) is 3.92. The van der Waals surface area contributed by atoms with Crippen LogP contribution in [0.1, 0.15) is 5.82 Å². The lowest BCUT2D eigenvalue weighted by molar-refractivity contribution is 0.425. The summed E-state index contributed by atoms with van der Waals surface area (Å²) in [6, 6.07) is 14.1. The van der Waals surface area contributed by atoms with Crippen LogP contribution >= 0.6 is 0 Å². The van der Waals surface area contributed by atoms with Crippen LogP contribution in [-0.2, 0) is 0 Å². The van der Waals surface area contributed by atoms with Crippen LogP contribution in [0.15, 0.2) is 63.7 Å². The minimum Gasteiger partial charge on any atom is -0.423 e. The molecular weight excluding hydrogens is 335 g/mol. The monoisotopic (exact) mass is 350 g/mol. The first-order valence-corrected chi connectivity index (χ1v) is 7.96. The van der Waals surface area contributed by atoms with Gasteiger partial charge < -0.3 is 8.94 Å². The van der Waals surface area contributed by atoms with Gasteiger partial charge in [0.2, 0.25) is 0 Å². The average molecular weight is 350 g/mol. The fourth-order valence-electron chi connectivity index (χ4n) is 2.55. The second-order valence-corrected chi connectivity index (χ2v) is 5.77. The fourth-order valence-corrected chi connectivity index (χ4v) is 2.55. The summed E-state index contributed by atoms with van der Waals surface area (Å²) in [5.74, 6) is 1.34. The molecule has 0 aliphatic heterocycles. The summed E-state index contributed by atoms with van der Waals surface area (Å²) in [5, 5.41) is 3.81. The van der Waals surface area contributed by atoms with Crippen molar-refractivity contribution < 1.29 is 13.3 Å². The molecule has 2 aromatic heterocycles. The summed E-state index contributed by atoms with van der Waals surface area (Å²) in [6.45, 7) is 1.77. The molecule has 0 saturated carbocycles. The molecule has 0 aliphatic carbocycles. The summed E-state index contributed by atoms with van der Waals surface area (Å²) >= 11 is 0. The van der Waals surface area contributed by atoms with Gasteiger partial charge in [0.05, 0.1) is 6.20 Å². The van der Waals surface area contributed by atoms with Crippen molar-refractivity contribution in [3.8, 4) is 22.8 Å². The zero-order chi connectivity index (χ0) is 18.1. The van der Waals surface area contributed by atoms with Crippen LogP contribution in [0.4, 0.5) is 16.1 Å². The minimum atomic E-state index is -0.289. The van der Waals surface area contributed by atoms with Crippen molar-refractivity contribution >= 4 is 11.7 Å². The highest BCUT2D eigenvalue weighted by molar-refractivity contribution is 5.67. The first-order valence-electron chi connectivity index (χ1n) is 7.96. The normalized spacial score (nSPS) is 10.9. The topological polar surface area (TPSA) is 68.2 Å². The quantitative estimate of drug-likeness (QED) is 0.535. The molecule has 0 atom stereocenters. The number of nitrogens with zero attached hydrogens (tertiary/aromatic N) is 4. The zero-order valence-corrected chi connectivity index (χ0v) is 14.2. The number of halogens is 1. The van der Waals surface area contributed by atoms with Gasteiger partial charge in [-0.3, -0.25) is 4.90 Å². The standard InChI is InChI=1S/C19H15FN4O2/c1-12-22-18(26-23-12)14-5-3-4-13(10-14)17-11-21-19(25-17)24(2)16-8-6-15(20)7-9-16/h3-11H,1-2H3. The Bertz CT molecular complexity index is 1040. The van der Waals surface area contributed by atoms with Crippen LogP contribution in [-0.4, -0.2) is 22.2 Å². The van der Waals surface area contributed by atoms with Gasteiger partial charge in [-0.1, -0.05) is 17.3 Å². The van der Waals surface area contributed by atoms with Crippen molar-refractivity contribution in [2.75, 3.05) is 11.9 Å². The molecule has 0 unspecified atom stereocenters. The highest BCUT2D eigenvalue weighted by Gasteiger charge is 2.14. The van der Waals surface area contributed by atoms with E-state index in [0.717, 1.165) is 16.8 Å². The highest BCUT2D eigenvalue weighted by atomic mass is 19.1. The van der Waals surface area contributed by atoms with E-state index in [1.54, 1.807) is 37.2 Å². The fraction of sp³-hybridized carbons (Fsp3) is 0.105. The molecule has 0 radical (unpaired) electrons. The van der Waals surface area contributed by atoms with Gasteiger partial charge in [-0.2, -0.15) is 4.98 Å². The van der Waals surface area contributed by atoms with Gasteiger partial charge >= 0.3 is 6.01 Å². The Morgan fingerprint density at radius 3 is 2.54 bits per heavy atom. The molecule has 0 spiro atoms. The van der Waals surface area contributed by atoms with Gasteiger partial charge in [0.15, 0.2) is 11.6 Å². The number of aryl methyl sites for hydroxylation is 1. The van der Waals surface area contributed by atoms with Gasteiger partial charge in [-0.05, 0) is 43.3 Å². The number of hydrogen-bond acceptors (Lipinski definition) is 6. The lowest BCUT2D eigenvalue weighted by Gasteiger charge is -2.14. The van der Waals surface area contributed by atoms with E-state index in [2.05, 4.69) is 15.1 Å². The van der Waals surface area contributed by atoms with Crippen LogP contribution in [0.5, 0.6) is 0 Å². The molecule has 2 aromatic carbocycles. The number of anilines is 2. The predicted octanol–water partition coefficient (Wildman–Crippen LogP) is 4.61. The molecule has 0 N–H and O–H groups in total. The SMILES string of the molecule is Cc1noc(-c2cccc(-c3cnc(N(C)c4ccc(F)cc4)o3)c2)n1. The molecule has 130 valence electrons. The van der Waals surface area contributed by atoms with E-state index < -0.39 is 0 Å². The van der Waals surface area contributed by atoms with Gasteiger partial charge in [0.1, 0.15) is 5.82 Å². The summed E-state index contributed by atoms with van der Waals surface area (Å²) in [6.07, 6.45) is 1.65. The smallest absolute Gasteiger partial charge is 0.302 e. The molecule has 4 aromatic rings. The number of oxazole rings is 1. The second-order valence-electron chi connectivity index (χ2n) is 5.77. The maximum Gasteiger partial charge on any atom is 0.302 e. The van der Waals surface area contributed by atoms with Crippen LogP contribution in [0.25, 0.3) is 22.8 Å². The Labute approximate surface area is 148 Å². The molecule has 4 rings (SSSR count). The largest absolute Gasteiger partial charge is 0.423 e. The first kappa shape index (κ1) is 16.0. The lowest BCUT2D eigenvalue weighted by Crippen LogP contribution is -2.09. The van der Waals surface area contributed by atoms with Crippen molar-refractivity contribution in [3.63, 3.8) is 0 Å². The average Bonchev–Trinajstić information content (AvgIpc) is 3.31. The third kappa shape index (κ3) is 3.06. The molecule has 6 nitrogen and oxygen atoms in total. The van der Waals surface area contributed by atoms with E-state index in [1.807, 2.05) is 24.3 Å². The molecule has 0 amide bonds. The molecule has 0 bridgehead atoms. The Balaban J connectivity index is 1.63. The maximum atomic E-state index is 13.1. The Morgan fingerprint density at radius 1 is 1.04 bits per heavy atom. The molecule has 0 aliphatic rings. The highest BCUT2D eigenvalue weighted by Crippen LogP contribution is 2.30. The van der Waals surface area contributed by atoms with E-state index >= 15 is 0 Å². The summed E-state index contributed by atoms with van der Waals surface area (Å²) < 4.78 is 24.2. The van der Waals surface area contributed by atoms with Crippen LogP contribution < -0.4 is 4.90 Å². The number of aromatic nitrogens is 3. The predicted molar refractivity (Wildman–Crippen MR) is 94.4 cm³/mol. The summed E-state index contributed by atoms with van der Waals surface area (Å²) in [4.78, 5) is 10.3. The van der Waals surface area contributed by atoms with Gasteiger partial charge in [0, 0.05) is 23.9 Å². The Kier molecular flexibility index (Phi) is 3.96. The minimum absolute atomic E-state index is 0.289. The zero-order valence-electron chi connectivity index (χ0n) is 14.2. The number of hydrogen-bond donors (Lipinski definition) is 0. The molecule has 0 saturated heterocycles. The van der Waals surface area contributed by atoms with E-state index in [-0.39, 0.29) is 5.82 Å². The van der Waals surface area contributed by atoms with Crippen LogP contribution in [0.3, 0.4) is 0 Å². The van der Waals surface area contributed by atoms with E-state index in [0.29, 0.717) is 23.5 Å². The van der Waals surface area contributed by atoms with Crippen molar-refractivity contribution in [2.24, 2.45) is 0 Å². The third-order valence-corrected chi connectivity index (χ3v) is 3.92. The molecule has 2 heterocycles. The molecular formula is C19H15FN4O2. The van der Waals surface area contributed by atoms with Crippen molar-refractivity contribution in [1.29, 1.82) is 0 Å². The van der Waals surface area contributed by atoms with E-state index in [4.69, 9.17) is 8.94 Å². The van der Waals surface area contributed by atoms with Crippen molar-refractivity contribution in [2.45, 2.75) is 6.92 Å². The van der Waals surface area contributed by atoms with Crippen LogP contribution in [0, 0.1) is 12.7 Å². The van der Waals surface area contributed by atoms with Crippen LogP contribution in [0.2, 0.25) is 0 Å². The first-order chi connectivity index (χ1) is 12.6. The van der Waals surface area contributed by atoms with Gasteiger partial charge in [0.25, 0.3) is 5.89 Å². The van der Waals surface area contributed by atoms with E-state index in [9.17, 15) is 4.39 Å². The van der Waals surface area contributed by atoms with E-state index in [1.165, 1.54) is 12.1 Å². The Hall–Kier alpha value is -3.48. The molecule has 0 fully saturated rings. The maximum absolute atomic E-state index is 13.1. The molecule has 26 heavy (non-hydrogen) atoms. The number of benzene rings is 2. The van der Waals surface area contributed by atoms with Gasteiger partial charge in [-0.25, -0.2) is 9.37 Å². The lowest BCUT2D eigenvalue weighted by atomic mass is 10.1. The summed E-state index contributed by atoms with van der Waals surface area (Å²) in [5.41, 5.74) is 2.41.